The zero-order valence-corrected chi connectivity index (χ0v) is 14.5. The molecule has 0 bridgehead atoms. The van der Waals surface area contributed by atoms with Crippen LogP contribution in [0.5, 0.6) is 5.75 Å². The van der Waals surface area contributed by atoms with Crippen LogP contribution in [-0.2, 0) is 10.0 Å². The molecule has 3 aromatic carbocycles. The summed E-state index contributed by atoms with van der Waals surface area (Å²) in [5.41, 5.74) is 3.24. The Kier molecular flexibility index (Phi) is 3.83. The standard InChI is InChI=1S/C18H13N3O5S/c22-11-6-4-10(5-7-11)17(23)20-21-27(25,26)15-9-8-14-16-12(15)2-1-3-13(16)18(24)19-14/h1-9,21-22H,(H,19,24)(H,20,23). The Morgan fingerprint density at radius 2 is 1.74 bits per heavy atom. The van der Waals surface area contributed by atoms with Crippen LogP contribution < -0.4 is 15.6 Å². The van der Waals surface area contributed by atoms with E-state index >= 15 is 0 Å². The molecule has 4 rings (SSSR count). The minimum Gasteiger partial charge on any atom is -0.508 e. The molecule has 0 saturated heterocycles. The van der Waals surface area contributed by atoms with Gasteiger partial charge in [-0.2, -0.15) is 0 Å². The summed E-state index contributed by atoms with van der Waals surface area (Å²) >= 11 is 0. The molecule has 1 heterocycles. The normalized spacial score (nSPS) is 12.8. The second-order valence-corrected chi connectivity index (χ2v) is 7.55. The fourth-order valence-electron chi connectivity index (χ4n) is 2.95. The molecule has 0 spiro atoms. The van der Waals surface area contributed by atoms with Crippen LogP contribution in [0, 0.1) is 0 Å². The van der Waals surface area contributed by atoms with E-state index in [0.717, 1.165) is 0 Å². The zero-order valence-electron chi connectivity index (χ0n) is 13.7. The molecule has 0 radical (unpaired) electrons. The number of nitrogens with one attached hydrogen (secondary N) is 3. The highest BCUT2D eigenvalue weighted by molar-refractivity contribution is 7.89. The number of phenolic OH excluding ortho intramolecular Hbond substituents is 1. The van der Waals surface area contributed by atoms with E-state index in [9.17, 15) is 23.1 Å². The van der Waals surface area contributed by atoms with E-state index in [-0.39, 0.29) is 22.1 Å². The molecule has 136 valence electrons. The highest BCUT2D eigenvalue weighted by Gasteiger charge is 2.26. The van der Waals surface area contributed by atoms with Gasteiger partial charge >= 0.3 is 0 Å². The van der Waals surface area contributed by atoms with Crippen molar-refractivity contribution in [2.24, 2.45) is 0 Å². The van der Waals surface area contributed by atoms with Gasteiger partial charge in [-0.15, -0.1) is 4.83 Å². The van der Waals surface area contributed by atoms with Crippen molar-refractivity contribution < 1.29 is 23.1 Å². The Hall–Kier alpha value is -3.43. The van der Waals surface area contributed by atoms with Gasteiger partial charge in [-0.3, -0.25) is 15.0 Å². The van der Waals surface area contributed by atoms with Crippen molar-refractivity contribution in [1.29, 1.82) is 0 Å². The largest absolute Gasteiger partial charge is 0.508 e. The Morgan fingerprint density at radius 3 is 2.48 bits per heavy atom. The molecule has 1 aliphatic heterocycles. The van der Waals surface area contributed by atoms with Gasteiger partial charge in [0.1, 0.15) is 5.75 Å². The van der Waals surface area contributed by atoms with Crippen LogP contribution in [0.3, 0.4) is 0 Å². The van der Waals surface area contributed by atoms with Crippen LogP contribution in [0.1, 0.15) is 20.7 Å². The molecule has 27 heavy (non-hydrogen) atoms. The van der Waals surface area contributed by atoms with E-state index in [1.54, 1.807) is 18.2 Å². The average Bonchev–Trinajstić information content (AvgIpc) is 2.98. The highest BCUT2D eigenvalue weighted by atomic mass is 32.2. The molecule has 0 aromatic heterocycles. The second-order valence-electron chi connectivity index (χ2n) is 5.90. The number of rotatable bonds is 4. The van der Waals surface area contributed by atoms with Crippen LogP contribution in [0.2, 0.25) is 0 Å². The molecule has 0 atom stereocenters. The molecule has 9 heteroatoms. The number of aromatic hydroxyl groups is 1. The summed E-state index contributed by atoms with van der Waals surface area (Å²) in [7, 11) is -4.09. The van der Waals surface area contributed by atoms with Gasteiger partial charge in [0.2, 0.25) is 0 Å². The maximum Gasteiger partial charge on any atom is 0.266 e. The predicted octanol–water partition coefficient (Wildman–Crippen LogP) is 1.73. The first-order chi connectivity index (χ1) is 12.9. The smallest absolute Gasteiger partial charge is 0.266 e. The monoisotopic (exact) mass is 383 g/mol. The first-order valence-electron chi connectivity index (χ1n) is 7.85. The van der Waals surface area contributed by atoms with Crippen molar-refractivity contribution in [2.75, 3.05) is 5.32 Å². The second kappa shape index (κ2) is 6.08. The fourth-order valence-corrected chi connectivity index (χ4v) is 3.99. The predicted molar refractivity (Wildman–Crippen MR) is 97.8 cm³/mol. The van der Waals surface area contributed by atoms with E-state index < -0.39 is 15.9 Å². The molecule has 8 nitrogen and oxygen atoms in total. The van der Waals surface area contributed by atoms with Crippen LogP contribution in [0.4, 0.5) is 5.69 Å². The van der Waals surface area contributed by atoms with E-state index in [2.05, 4.69) is 15.6 Å². The number of sulfonamides is 1. The van der Waals surface area contributed by atoms with Gasteiger partial charge in [0.15, 0.2) is 0 Å². The molecule has 1 aliphatic rings. The Morgan fingerprint density at radius 1 is 1.00 bits per heavy atom. The lowest BCUT2D eigenvalue weighted by Gasteiger charge is -2.11. The van der Waals surface area contributed by atoms with Crippen molar-refractivity contribution in [1.82, 2.24) is 10.3 Å². The Labute approximate surface area is 153 Å². The molecule has 3 aromatic rings. The van der Waals surface area contributed by atoms with Gasteiger partial charge in [0.05, 0.1) is 4.90 Å². The SMILES string of the molecule is O=C(NNS(=O)(=O)c1ccc2c3c(cccc13)C(=O)N2)c1ccc(O)cc1. The number of amides is 2. The minimum absolute atomic E-state index is 0.0110. The number of hydrazine groups is 1. The van der Waals surface area contributed by atoms with Gasteiger partial charge in [-0.1, -0.05) is 12.1 Å². The summed E-state index contributed by atoms with van der Waals surface area (Å²) in [5, 5.41) is 12.8. The summed E-state index contributed by atoms with van der Waals surface area (Å²) in [6, 6.07) is 13.0. The number of carbonyl (C=O) groups excluding carboxylic acids is 2. The number of benzene rings is 3. The topological polar surface area (TPSA) is 125 Å². The van der Waals surface area contributed by atoms with Gasteiger partial charge in [-0.05, 0) is 42.5 Å². The van der Waals surface area contributed by atoms with Crippen molar-refractivity contribution in [3.8, 4) is 5.75 Å². The van der Waals surface area contributed by atoms with Gasteiger partial charge in [0.25, 0.3) is 21.8 Å². The number of phenols is 1. The van der Waals surface area contributed by atoms with Crippen LogP contribution >= 0.6 is 0 Å². The molecule has 0 saturated carbocycles. The van der Waals surface area contributed by atoms with Crippen molar-refractivity contribution in [2.45, 2.75) is 4.90 Å². The van der Waals surface area contributed by atoms with Crippen molar-refractivity contribution in [3.63, 3.8) is 0 Å². The van der Waals surface area contributed by atoms with Gasteiger partial charge < -0.3 is 10.4 Å². The Balaban J connectivity index is 1.65. The number of hydrogen-bond acceptors (Lipinski definition) is 5. The third-order valence-electron chi connectivity index (χ3n) is 4.21. The third kappa shape index (κ3) is 2.88. The van der Waals surface area contributed by atoms with E-state index in [4.69, 9.17) is 0 Å². The Bertz CT molecular complexity index is 1200. The summed E-state index contributed by atoms with van der Waals surface area (Å²) in [5.74, 6) is -0.983. The van der Waals surface area contributed by atoms with Crippen molar-refractivity contribution in [3.05, 3.63) is 65.7 Å². The lowest BCUT2D eigenvalue weighted by Crippen LogP contribution is -2.41. The molecule has 0 aliphatic carbocycles. The molecular formula is C18H13N3O5S. The minimum atomic E-state index is -4.09. The van der Waals surface area contributed by atoms with E-state index in [0.29, 0.717) is 22.0 Å². The molecule has 0 unspecified atom stereocenters. The van der Waals surface area contributed by atoms with Crippen LogP contribution in [0.25, 0.3) is 10.8 Å². The van der Waals surface area contributed by atoms with Crippen LogP contribution in [0.15, 0.2) is 59.5 Å². The third-order valence-corrected chi connectivity index (χ3v) is 5.52. The maximum atomic E-state index is 12.7. The molecule has 4 N–H and O–H groups in total. The quantitative estimate of drug-likeness (QED) is 0.511. The zero-order chi connectivity index (χ0) is 19.2. The highest BCUT2D eigenvalue weighted by Crippen LogP contribution is 2.36. The molecular weight excluding hydrogens is 370 g/mol. The lowest BCUT2D eigenvalue weighted by atomic mass is 10.1. The summed E-state index contributed by atoms with van der Waals surface area (Å²) < 4.78 is 25.4. The average molecular weight is 383 g/mol. The summed E-state index contributed by atoms with van der Waals surface area (Å²) in [4.78, 5) is 26.0. The van der Waals surface area contributed by atoms with Crippen LogP contribution in [-0.4, -0.2) is 25.3 Å². The number of carbonyl (C=O) groups is 2. The molecule has 2 amide bonds. The van der Waals surface area contributed by atoms with E-state index in [1.165, 1.54) is 36.4 Å². The lowest BCUT2D eigenvalue weighted by molar-refractivity contribution is 0.0944. The number of hydrogen-bond donors (Lipinski definition) is 4. The maximum absolute atomic E-state index is 12.7. The first-order valence-corrected chi connectivity index (χ1v) is 9.33. The van der Waals surface area contributed by atoms with E-state index in [1.807, 2.05) is 0 Å². The fraction of sp³-hybridized carbons (Fsp3) is 0. The first kappa shape index (κ1) is 17.0. The summed E-state index contributed by atoms with van der Waals surface area (Å²) in [6.07, 6.45) is 0. The molecule has 0 fully saturated rings. The van der Waals surface area contributed by atoms with Crippen molar-refractivity contribution >= 4 is 38.3 Å². The van der Waals surface area contributed by atoms with Gasteiger partial charge in [-0.25, -0.2) is 8.42 Å². The number of anilines is 1. The van der Waals surface area contributed by atoms with Gasteiger partial charge in [0, 0.05) is 27.6 Å². The summed E-state index contributed by atoms with van der Waals surface area (Å²) in [6.45, 7) is 0.